The van der Waals surface area contributed by atoms with E-state index in [-0.39, 0.29) is 36.5 Å². The van der Waals surface area contributed by atoms with Gasteiger partial charge >= 0.3 is 0 Å². The molecule has 1 saturated carbocycles. The number of carbonyl (C=O) groups excluding carboxylic acids is 1. The van der Waals surface area contributed by atoms with Crippen LogP contribution >= 0.6 is 24.8 Å². The minimum atomic E-state index is -0.673. The third-order valence-electron chi connectivity index (χ3n) is 3.51. The van der Waals surface area contributed by atoms with Gasteiger partial charge in [0.2, 0.25) is 11.8 Å². The average molecular weight is 374 g/mol. The monoisotopic (exact) mass is 373 g/mol. The number of aromatic nitrogens is 1. The Morgan fingerprint density at radius 2 is 2.04 bits per heavy atom. The molecule has 24 heavy (non-hydrogen) atoms. The van der Waals surface area contributed by atoms with Crippen molar-refractivity contribution in [2.45, 2.75) is 24.9 Å². The second-order valence-corrected chi connectivity index (χ2v) is 5.40. The van der Waals surface area contributed by atoms with Crippen LogP contribution < -0.4 is 15.8 Å². The van der Waals surface area contributed by atoms with Gasteiger partial charge in [0.25, 0.3) is 0 Å². The molecule has 0 bridgehead atoms. The van der Waals surface area contributed by atoms with Crippen molar-refractivity contribution in [2.24, 2.45) is 5.73 Å². The van der Waals surface area contributed by atoms with Gasteiger partial charge in [-0.3, -0.25) is 4.79 Å². The summed E-state index contributed by atoms with van der Waals surface area (Å²) < 4.78 is 18.5. The van der Waals surface area contributed by atoms with Crippen LogP contribution in [0, 0.1) is 5.82 Å². The Bertz CT molecular complexity index is 694. The normalized spacial score (nSPS) is 13.9. The van der Waals surface area contributed by atoms with Crippen molar-refractivity contribution in [3.63, 3.8) is 0 Å². The molecule has 0 saturated heterocycles. The van der Waals surface area contributed by atoms with Crippen LogP contribution in [0.3, 0.4) is 0 Å². The van der Waals surface area contributed by atoms with Crippen LogP contribution in [0.15, 0.2) is 42.6 Å². The Balaban J connectivity index is 0.00000144. The predicted octanol–water partition coefficient (Wildman–Crippen LogP) is 2.96. The molecule has 1 aliphatic rings. The minimum absolute atomic E-state index is 0. The SMILES string of the molecule is Cl.Cl.NC1(C(=O)NCc2ccc(Oc3cccc(F)c3)nc2)CC1. The molecule has 1 heterocycles. The Morgan fingerprint density at radius 1 is 1.29 bits per heavy atom. The van der Waals surface area contributed by atoms with Crippen LogP contribution in [-0.2, 0) is 11.3 Å². The number of ether oxygens (including phenoxy) is 1. The van der Waals surface area contributed by atoms with Gasteiger partial charge in [0.05, 0.1) is 5.54 Å². The minimum Gasteiger partial charge on any atom is -0.439 e. The van der Waals surface area contributed by atoms with E-state index in [1.807, 2.05) is 0 Å². The highest BCUT2D eigenvalue weighted by molar-refractivity contribution is 5.88. The highest BCUT2D eigenvalue weighted by Crippen LogP contribution is 2.32. The third kappa shape index (κ3) is 5.06. The molecule has 8 heteroatoms. The van der Waals surface area contributed by atoms with Crippen molar-refractivity contribution in [3.8, 4) is 11.6 Å². The van der Waals surface area contributed by atoms with E-state index in [1.165, 1.54) is 12.1 Å². The molecule has 0 spiro atoms. The topological polar surface area (TPSA) is 77.2 Å². The number of carbonyl (C=O) groups is 1. The average Bonchev–Trinajstić information content (AvgIpc) is 3.25. The maximum atomic E-state index is 13.1. The van der Waals surface area contributed by atoms with E-state index in [2.05, 4.69) is 10.3 Å². The molecule has 0 radical (unpaired) electrons. The molecular formula is C16H18Cl2FN3O2. The van der Waals surface area contributed by atoms with Crippen LogP contribution in [0.2, 0.25) is 0 Å². The number of benzene rings is 1. The van der Waals surface area contributed by atoms with Crippen LogP contribution in [0.5, 0.6) is 11.6 Å². The Morgan fingerprint density at radius 3 is 2.62 bits per heavy atom. The molecule has 0 aliphatic heterocycles. The smallest absolute Gasteiger partial charge is 0.240 e. The summed E-state index contributed by atoms with van der Waals surface area (Å²) >= 11 is 0. The molecule has 1 aromatic heterocycles. The van der Waals surface area contributed by atoms with Crippen LogP contribution in [0.4, 0.5) is 4.39 Å². The molecular weight excluding hydrogens is 356 g/mol. The number of rotatable bonds is 5. The van der Waals surface area contributed by atoms with Gasteiger partial charge in [0.1, 0.15) is 11.6 Å². The number of pyridine rings is 1. The fourth-order valence-electron chi connectivity index (χ4n) is 1.95. The summed E-state index contributed by atoms with van der Waals surface area (Å²) in [6.07, 6.45) is 3.07. The van der Waals surface area contributed by atoms with Gasteiger partial charge in [0.15, 0.2) is 0 Å². The zero-order chi connectivity index (χ0) is 15.6. The molecule has 1 aliphatic carbocycles. The van der Waals surface area contributed by atoms with E-state index < -0.39 is 5.54 Å². The summed E-state index contributed by atoms with van der Waals surface area (Å²) in [7, 11) is 0. The van der Waals surface area contributed by atoms with Crippen LogP contribution in [0.25, 0.3) is 0 Å². The number of hydrogen-bond acceptors (Lipinski definition) is 4. The summed E-state index contributed by atoms with van der Waals surface area (Å²) in [5, 5.41) is 2.78. The van der Waals surface area contributed by atoms with E-state index in [9.17, 15) is 9.18 Å². The lowest BCUT2D eigenvalue weighted by Crippen LogP contribution is -2.42. The maximum Gasteiger partial charge on any atom is 0.240 e. The maximum absolute atomic E-state index is 13.1. The molecule has 1 fully saturated rings. The van der Waals surface area contributed by atoms with E-state index in [4.69, 9.17) is 10.5 Å². The zero-order valence-corrected chi connectivity index (χ0v) is 14.3. The fraction of sp³-hybridized carbons (Fsp3) is 0.250. The zero-order valence-electron chi connectivity index (χ0n) is 12.7. The molecule has 130 valence electrons. The summed E-state index contributed by atoms with van der Waals surface area (Å²) in [6, 6.07) is 9.30. The quantitative estimate of drug-likeness (QED) is 0.844. The van der Waals surface area contributed by atoms with E-state index in [0.29, 0.717) is 18.2 Å². The van der Waals surface area contributed by atoms with Gasteiger partial charge in [-0.1, -0.05) is 12.1 Å². The van der Waals surface area contributed by atoms with E-state index in [0.717, 1.165) is 18.4 Å². The first-order valence-corrected chi connectivity index (χ1v) is 7.01. The number of nitrogens with zero attached hydrogens (tertiary/aromatic N) is 1. The standard InChI is InChI=1S/C16H16FN3O2.2ClH/c17-12-2-1-3-13(8-12)22-14-5-4-11(9-19-14)10-20-15(21)16(18)6-7-16;;/h1-5,8-9H,6-7,10,18H2,(H,20,21);2*1H. The first-order valence-electron chi connectivity index (χ1n) is 7.01. The number of amides is 1. The van der Waals surface area contributed by atoms with Crippen LogP contribution in [0.1, 0.15) is 18.4 Å². The fourth-order valence-corrected chi connectivity index (χ4v) is 1.95. The number of nitrogens with one attached hydrogen (secondary N) is 1. The predicted molar refractivity (Wildman–Crippen MR) is 93.2 cm³/mol. The summed E-state index contributed by atoms with van der Waals surface area (Å²) in [4.78, 5) is 15.9. The van der Waals surface area contributed by atoms with Gasteiger partial charge < -0.3 is 15.8 Å². The van der Waals surface area contributed by atoms with Gasteiger partial charge in [-0.2, -0.15) is 0 Å². The second kappa shape index (κ2) is 8.28. The molecule has 5 nitrogen and oxygen atoms in total. The van der Waals surface area contributed by atoms with Crippen molar-refractivity contribution in [1.82, 2.24) is 10.3 Å². The lowest BCUT2D eigenvalue weighted by Gasteiger charge is -2.10. The Kier molecular flexibility index (Phi) is 6.95. The van der Waals surface area contributed by atoms with Crippen molar-refractivity contribution in [2.75, 3.05) is 0 Å². The molecule has 3 rings (SSSR count). The number of halogens is 3. The first kappa shape index (κ1) is 20.2. The van der Waals surface area contributed by atoms with Gasteiger partial charge in [-0.25, -0.2) is 9.37 Å². The molecule has 3 N–H and O–H groups in total. The van der Waals surface area contributed by atoms with Crippen molar-refractivity contribution in [3.05, 3.63) is 54.0 Å². The summed E-state index contributed by atoms with van der Waals surface area (Å²) in [6.45, 7) is 0.366. The van der Waals surface area contributed by atoms with Gasteiger partial charge in [-0.05, 0) is 30.5 Å². The summed E-state index contributed by atoms with van der Waals surface area (Å²) in [5.41, 5.74) is 5.96. The largest absolute Gasteiger partial charge is 0.439 e. The molecule has 1 aromatic carbocycles. The lowest BCUT2D eigenvalue weighted by molar-refractivity contribution is -0.123. The Hall–Kier alpha value is -1.89. The number of nitrogens with two attached hydrogens (primary N) is 1. The lowest BCUT2D eigenvalue weighted by atomic mass is 10.2. The van der Waals surface area contributed by atoms with Crippen molar-refractivity contribution >= 4 is 30.7 Å². The summed E-state index contributed by atoms with van der Waals surface area (Å²) in [5.74, 6) is 0.241. The van der Waals surface area contributed by atoms with Crippen molar-refractivity contribution < 1.29 is 13.9 Å². The molecule has 1 amide bonds. The van der Waals surface area contributed by atoms with E-state index >= 15 is 0 Å². The van der Waals surface area contributed by atoms with Gasteiger partial charge in [-0.15, -0.1) is 24.8 Å². The molecule has 0 atom stereocenters. The van der Waals surface area contributed by atoms with Crippen molar-refractivity contribution in [1.29, 1.82) is 0 Å². The van der Waals surface area contributed by atoms with Gasteiger partial charge in [0, 0.05) is 24.9 Å². The van der Waals surface area contributed by atoms with Crippen LogP contribution in [-0.4, -0.2) is 16.4 Å². The Labute approximate surface area is 151 Å². The second-order valence-electron chi connectivity index (χ2n) is 5.40. The third-order valence-corrected chi connectivity index (χ3v) is 3.51. The number of hydrogen-bond donors (Lipinski definition) is 2. The first-order chi connectivity index (χ1) is 10.5. The highest BCUT2D eigenvalue weighted by Gasteiger charge is 2.45. The van der Waals surface area contributed by atoms with E-state index in [1.54, 1.807) is 30.5 Å². The highest BCUT2D eigenvalue weighted by atomic mass is 35.5. The molecule has 2 aromatic rings. The molecule has 0 unspecified atom stereocenters.